The molecule has 0 aliphatic rings. The Labute approximate surface area is 117 Å². The molecule has 1 aromatic carbocycles. The molecule has 0 unspecified atom stereocenters. The molecule has 0 aliphatic heterocycles. The molecule has 1 N–H and O–H groups in total. The van der Waals surface area contributed by atoms with Crippen LogP contribution in [0.4, 0.5) is 5.69 Å². The Balaban J connectivity index is 2.01. The summed E-state index contributed by atoms with van der Waals surface area (Å²) in [7, 11) is 2.97. The van der Waals surface area contributed by atoms with Gasteiger partial charge in [-0.15, -0.1) is 0 Å². The first kappa shape index (κ1) is 13.9. The van der Waals surface area contributed by atoms with E-state index in [1.807, 2.05) is 24.3 Å². The van der Waals surface area contributed by atoms with Crippen molar-refractivity contribution < 1.29 is 14.3 Å². The van der Waals surface area contributed by atoms with E-state index in [0.717, 1.165) is 17.0 Å². The highest BCUT2D eigenvalue weighted by Crippen LogP contribution is 2.14. The molecule has 20 heavy (non-hydrogen) atoms. The minimum atomic E-state index is -0.446. The van der Waals surface area contributed by atoms with Gasteiger partial charge in [-0.25, -0.2) is 9.78 Å². The van der Waals surface area contributed by atoms with Gasteiger partial charge in [-0.05, 0) is 29.8 Å². The number of carbonyl (C=O) groups is 1. The normalized spacial score (nSPS) is 9.90. The van der Waals surface area contributed by atoms with E-state index in [1.165, 1.54) is 7.11 Å². The molecule has 0 aliphatic carbocycles. The van der Waals surface area contributed by atoms with E-state index in [2.05, 4.69) is 15.0 Å². The quantitative estimate of drug-likeness (QED) is 0.847. The Kier molecular flexibility index (Phi) is 4.55. The molecule has 0 saturated heterocycles. The molecule has 104 valence electrons. The summed E-state index contributed by atoms with van der Waals surface area (Å²) in [6, 6.07) is 11.2. The third-order valence-electron chi connectivity index (χ3n) is 2.81. The second kappa shape index (κ2) is 6.56. The second-order valence-electron chi connectivity index (χ2n) is 4.12. The first-order chi connectivity index (χ1) is 9.72. The lowest BCUT2D eigenvalue weighted by molar-refractivity contribution is 0.0594. The van der Waals surface area contributed by atoms with Gasteiger partial charge in [0, 0.05) is 18.4 Å². The lowest BCUT2D eigenvalue weighted by Crippen LogP contribution is -2.06. The van der Waals surface area contributed by atoms with E-state index in [1.54, 1.807) is 25.4 Å². The van der Waals surface area contributed by atoms with Crippen molar-refractivity contribution in [3.8, 4) is 5.75 Å². The number of benzene rings is 1. The van der Waals surface area contributed by atoms with E-state index in [9.17, 15) is 4.79 Å². The van der Waals surface area contributed by atoms with Crippen LogP contribution in [0.5, 0.6) is 5.75 Å². The van der Waals surface area contributed by atoms with Crippen molar-refractivity contribution in [2.24, 2.45) is 0 Å². The summed E-state index contributed by atoms with van der Waals surface area (Å²) in [6.45, 7) is 0.647. The molecule has 2 rings (SSSR count). The van der Waals surface area contributed by atoms with Crippen molar-refractivity contribution in [3.05, 3.63) is 53.9 Å². The van der Waals surface area contributed by atoms with Gasteiger partial charge in [-0.1, -0.05) is 12.1 Å². The van der Waals surface area contributed by atoms with E-state index >= 15 is 0 Å². The molecule has 0 atom stereocenters. The monoisotopic (exact) mass is 272 g/mol. The maximum atomic E-state index is 11.4. The van der Waals surface area contributed by atoms with Gasteiger partial charge in [0.15, 0.2) is 0 Å². The number of nitrogens with zero attached hydrogens (tertiary/aromatic N) is 1. The molecule has 0 amide bonds. The molecule has 2 aromatic rings. The van der Waals surface area contributed by atoms with Crippen LogP contribution in [0.3, 0.4) is 0 Å². The van der Waals surface area contributed by atoms with Crippen LogP contribution in [0.25, 0.3) is 0 Å². The number of hydrogen-bond acceptors (Lipinski definition) is 5. The standard InChI is InChI=1S/C15H16N2O3/c1-19-13-5-3-11(4-6-13)10-17-12-7-8-16-14(9-12)15(18)20-2/h3-9H,10H2,1-2H3,(H,16,17). The molecule has 5 heteroatoms. The van der Waals surface area contributed by atoms with Gasteiger partial charge in [0.2, 0.25) is 0 Å². The number of esters is 1. The summed E-state index contributed by atoms with van der Waals surface area (Å²) in [5, 5.41) is 3.23. The number of carbonyl (C=O) groups excluding carboxylic acids is 1. The molecular weight excluding hydrogens is 256 g/mol. The first-order valence-electron chi connectivity index (χ1n) is 6.14. The zero-order chi connectivity index (χ0) is 14.4. The molecule has 0 radical (unpaired) electrons. The lowest BCUT2D eigenvalue weighted by Gasteiger charge is -2.08. The largest absolute Gasteiger partial charge is 0.497 e. The minimum Gasteiger partial charge on any atom is -0.497 e. The van der Waals surface area contributed by atoms with Crippen LogP contribution in [0.15, 0.2) is 42.6 Å². The molecule has 0 saturated carbocycles. The summed E-state index contributed by atoms with van der Waals surface area (Å²) < 4.78 is 9.74. The number of methoxy groups -OCH3 is 2. The fraction of sp³-hybridized carbons (Fsp3) is 0.200. The molecule has 0 fully saturated rings. The van der Waals surface area contributed by atoms with Crippen molar-refractivity contribution in [1.29, 1.82) is 0 Å². The van der Waals surface area contributed by atoms with E-state index in [4.69, 9.17) is 4.74 Å². The van der Waals surface area contributed by atoms with E-state index < -0.39 is 5.97 Å². The van der Waals surface area contributed by atoms with Crippen LogP contribution in [0.2, 0.25) is 0 Å². The summed E-state index contributed by atoms with van der Waals surface area (Å²) in [6.07, 6.45) is 1.57. The molecule has 1 heterocycles. The molecule has 0 spiro atoms. The number of hydrogen-bond donors (Lipinski definition) is 1. The van der Waals surface area contributed by atoms with Crippen molar-refractivity contribution in [2.45, 2.75) is 6.54 Å². The summed E-state index contributed by atoms with van der Waals surface area (Å²) in [5.41, 5.74) is 2.21. The third kappa shape index (κ3) is 3.47. The van der Waals surface area contributed by atoms with Gasteiger partial charge in [0.05, 0.1) is 14.2 Å². The Morgan fingerprint density at radius 2 is 1.95 bits per heavy atom. The highest BCUT2D eigenvalue weighted by Gasteiger charge is 2.07. The molecule has 1 aromatic heterocycles. The summed E-state index contributed by atoms with van der Waals surface area (Å²) >= 11 is 0. The molecule has 5 nitrogen and oxygen atoms in total. The Morgan fingerprint density at radius 3 is 2.60 bits per heavy atom. The smallest absolute Gasteiger partial charge is 0.356 e. The zero-order valence-electron chi connectivity index (χ0n) is 11.4. The predicted molar refractivity (Wildman–Crippen MR) is 75.9 cm³/mol. The highest BCUT2D eigenvalue weighted by atomic mass is 16.5. The van der Waals surface area contributed by atoms with Gasteiger partial charge in [-0.2, -0.15) is 0 Å². The van der Waals surface area contributed by atoms with Crippen LogP contribution >= 0.6 is 0 Å². The number of rotatable bonds is 5. The fourth-order valence-corrected chi connectivity index (χ4v) is 1.70. The highest BCUT2D eigenvalue weighted by molar-refractivity contribution is 5.88. The third-order valence-corrected chi connectivity index (χ3v) is 2.81. The summed E-state index contributed by atoms with van der Waals surface area (Å²) in [5.74, 6) is 0.378. The van der Waals surface area contributed by atoms with Gasteiger partial charge in [0.1, 0.15) is 11.4 Å². The Morgan fingerprint density at radius 1 is 1.20 bits per heavy atom. The van der Waals surface area contributed by atoms with Gasteiger partial charge in [0.25, 0.3) is 0 Å². The predicted octanol–water partition coefficient (Wildman–Crippen LogP) is 2.49. The van der Waals surface area contributed by atoms with Crippen molar-refractivity contribution >= 4 is 11.7 Å². The van der Waals surface area contributed by atoms with Crippen molar-refractivity contribution in [1.82, 2.24) is 4.98 Å². The van der Waals surface area contributed by atoms with Crippen LogP contribution in [0.1, 0.15) is 16.1 Å². The maximum absolute atomic E-state index is 11.4. The number of aromatic nitrogens is 1. The average Bonchev–Trinajstić information content (AvgIpc) is 2.53. The Hall–Kier alpha value is -2.56. The van der Waals surface area contributed by atoms with Gasteiger partial charge < -0.3 is 14.8 Å². The average molecular weight is 272 g/mol. The molecular formula is C15H16N2O3. The lowest BCUT2D eigenvalue weighted by atomic mass is 10.2. The first-order valence-corrected chi connectivity index (χ1v) is 6.14. The van der Waals surface area contributed by atoms with Crippen LogP contribution in [-0.4, -0.2) is 25.2 Å². The number of pyridine rings is 1. The van der Waals surface area contributed by atoms with E-state index in [-0.39, 0.29) is 5.69 Å². The Bertz CT molecular complexity index is 582. The zero-order valence-corrected chi connectivity index (χ0v) is 11.4. The van der Waals surface area contributed by atoms with Crippen LogP contribution in [0, 0.1) is 0 Å². The summed E-state index contributed by atoms with van der Waals surface area (Å²) in [4.78, 5) is 15.3. The number of ether oxygens (including phenoxy) is 2. The minimum absolute atomic E-state index is 0.284. The van der Waals surface area contributed by atoms with Gasteiger partial charge in [-0.3, -0.25) is 0 Å². The number of anilines is 1. The maximum Gasteiger partial charge on any atom is 0.356 e. The van der Waals surface area contributed by atoms with Crippen LogP contribution < -0.4 is 10.1 Å². The SMILES string of the molecule is COC(=O)c1cc(NCc2ccc(OC)cc2)ccn1. The number of nitrogens with one attached hydrogen (secondary N) is 1. The van der Waals surface area contributed by atoms with Crippen molar-refractivity contribution in [3.63, 3.8) is 0 Å². The second-order valence-corrected chi connectivity index (χ2v) is 4.12. The van der Waals surface area contributed by atoms with Gasteiger partial charge >= 0.3 is 5.97 Å². The van der Waals surface area contributed by atoms with Crippen LogP contribution in [-0.2, 0) is 11.3 Å². The topological polar surface area (TPSA) is 60.5 Å². The van der Waals surface area contributed by atoms with E-state index in [0.29, 0.717) is 6.54 Å². The van der Waals surface area contributed by atoms with Crippen molar-refractivity contribution in [2.75, 3.05) is 19.5 Å². The molecule has 0 bridgehead atoms. The fourth-order valence-electron chi connectivity index (χ4n) is 1.70.